The molecular weight excluding hydrogens is 440 g/mol. The maximum absolute atomic E-state index is 12.7. The monoisotopic (exact) mass is 460 g/mol. The lowest BCUT2D eigenvalue weighted by Gasteiger charge is -2.13. The van der Waals surface area contributed by atoms with Crippen LogP contribution in [-0.4, -0.2) is 20.1 Å². The van der Waals surface area contributed by atoms with Crippen LogP contribution in [0.3, 0.4) is 0 Å². The van der Waals surface area contributed by atoms with Gasteiger partial charge in [-0.2, -0.15) is 0 Å². The Morgan fingerprint density at radius 1 is 0.933 bits per heavy atom. The summed E-state index contributed by atoms with van der Waals surface area (Å²) < 4.78 is 28.1. The molecule has 2 N–H and O–H groups in total. The molecule has 0 heterocycles. The number of para-hydroxylation sites is 1. The topological polar surface area (TPSA) is 75.3 Å². The molecule has 8 heteroatoms. The lowest BCUT2D eigenvalue weighted by atomic mass is 10.1. The van der Waals surface area contributed by atoms with Crippen molar-refractivity contribution < 1.29 is 13.2 Å². The van der Waals surface area contributed by atoms with Gasteiger partial charge in [0.25, 0.3) is 10.0 Å². The molecule has 0 aliphatic carbocycles. The SMILES string of the molecule is Cc1cccc(C)c1NS(=O)(=O)c1ccc(NC(=O)CSc2ccc(Cl)cc2)cc1. The standard InChI is InChI=1S/C22H21ClN2O3S2/c1-15-4-3-5-16(2)22(15)25-30(27,28)20-12-8-18(9-13-20)24-21(26)14-29-19-10-6-17(23)7-11-19/h3-13,25H,14H2,1-2H3,(H,24,26). The summed E-state index contributed by atoms with van der Waals surface area (Å²) >= 11 is 7.24. The van der Waals surface area contributed by atoms with Crippen LogP contribution in [0.2, 0.25) is 5.02 Å². The number of carbonyl (C=O) groups is 1. The first-order valence-corrected chi connectivity index (χ1v) is 12.0. The fourth-order valence-corrected chi connectivity index (χ4v) is 4.79. The first-order chi connectivity index (χ1) is 14.2. The third-order valence-electron chi connectivity index (χ3n) is 4.35. The van der Waals surface area contributed by atoms with Gasteiger partial charge in [0, 0.05) is 15.6 Å². The van der Waals surface area contributed by atoms with Crippen molar-refractivity contribution in [3.8, 4) is 0 Å². The van der Waals surface area contributed by atoms with E-state index in [0.717, 1.165) is 16.0 Å². The first kappa shape index (κ1) is 22.2. The predicted molar refractivity (Wildman–Crippen MR) is 124 cm³/mol. The molecule has 1 amide bonds. The average molecular weight is 461 g/mol. The Kier molecular flexibility index (Phi) is 7.07. The van der Waals surface area contributed by atoms with E-state index in [1.807, 2.05) is 44.2 Å². The van der Waals surface area contributed by atoms with E-state index in [0.29, 0.717) is 16.4 Å². The van der Waals surface area contributed by atoms with Crippen molar-refractivity contribution in [3.63, 3.8) is 0 Å². The average Bonchev–Trinajstić information content (AvgIpc) is 2.71. The number of halogens is 1. The van der Waals surface area contributed by atoms with Crippen LogP contribution in [-0.2, 0) is 14.8 Å². The minimum absolute atomic E-state index is 0.124. The number of rotatable bonds is 7. The quantitative estimate of drug-likeness (QED) is 0.457. The normalized spacial score (nSPS) is 11.2. The van der Waals surface area contributed by atoms with Crippen molar-refractivity contribution in [2.75, 3.05) is 15.8 Å². The van der Waals surface area contributed by atoms with E-state index in [4.69, 9.17) is 11.6 Å². The van der Waals surface area contributed by atoms with E-state index in [1.54, 1.807) is 24.3 Å². The van der Waals surface area contributed by atoms with Gasteiger partial charge >= 0.3 is 0 Å². The van der Waals surface area contributed by atoms with Crippen molar-refractivity contribution >= 4 is 50.7 Å². The smallest absolute Gasteiger partial charge is 0.261 e. The molecule has 0 aliphatic heterocycles. The summed E-state index contributed by atoms with van der Waals surface area (Å²) in [6.07, 6.45) is 0. The van der Waals surface area contributed by atoms with Crippen molar-refractivity contribution in [2.45, 2.75) is 23.6 Å². The van der Waals surface area contributed by atoms with E-state index in [9.17, 15) is 13.2 Å². The highest BCUT2D eigenvalue weighted by atomic mass is 35.5. The molecule has 0 radical (unpaired) electrons. The van der Waals surface area contributed by atoms with Crippen molar-refractivity contribution in [1.29, 1.82) is 0 Å². The summed E-state index contributed by atoms with van der Waals surface area (Å²) in [6.45, 7) is 3.71. The van der Waals surface area contributed by atoms with Gasteiger partial charge in [-0.05, 0) is 73.5 Å². The number of hydrogen-bond donors (Lipinski definition) is 2. The zero-order valence-corrected chi connectivity index (χ0v) is 18.9. The van der Waals surface area contributed by atoms with Gasteiger partial charge < -0.3 is 5.32 Å². The minimum atomic E-state index is -3.73. The molecule has 0 saturated heterocycles. The summed E-state index contributed by atoms with van der Waals surface area (Å²) in [5.74, 6) is 0.0507. The zero-order chi connectivity index (χ0) is 21.7. The summed E-state index contributed by atoms with van der Waals surface area (Å²) in [4.78, 5) is 13.2. The molecule has 0 saturated carbocycles. The number of amides is 1. The van der Waals surface area contributed by atoms with Gasteiger partial charge in [-0.25, -0.2) is 8.42 Å². The number of thioether (sulfide) groups is 1. The molecule has 3 aromatic rings. The number of aryl methyl sites for hydroxylation is 2. The van der Waals surface area contributed by atoms with Gasteiger partial charge in [0.05, 0.1) is 16.3 Å². The summed E-state index contributed by atoms with van der Waals surface area (Å²) in [5, 5.41) is 3.41. The molecule has 5 nitrogen and oxygen atoms in total. The molecule has 3 aromatic carbocycles. The molecule has 0 aromatic heterocycles. The number of hydrogen-bond acceptors (Lipinski definition) is 4. The number of benzene rings is 3. The van der Waals surface area contributed by atoms with Crippen LogP contribution in [0, 0.1) is 13.8 Å². The molecule has 0 aliphatic rings. The Labute approximate surface area is 185 Å². The maximum atomic E-state index is 12.7. The third kappa shape index (κ3) is 5.78. The molecular formula is C22H21ClN2O3S2. The second-order valence-corrected chi connectivity index (χ2v) is 9.86. The highest BCUT2D eigenvalue weighted by Crippen LogP contribution is 2.24. The van der Waals surface area contributed by atoms with Gasteiger partial charge in [0.15, 0.2) is 0 Å². The van der Waals surface area contributed by atoms with E-state index in [-0.39, 0.29) is 16.6 Å². The lowest BCUT2D eigenvalue weighted by molar-refractivity contribution is -0.113. The molecule has 0 atom stereocenters. The Balaban J connectivity index is 1.62. The van der Waals surface area contributed by atoms with Gasteiger partial charge in [0.1, 0.15) is 0 Å². The van der Waals surface area contributed by atoms with Crippen LogP contribution in [0.4, 0.5) is 11.4 Å². The highest BCUT2D eigenvalue weighted by Gasteiger charge is 2.16. The fraction of sp³-hybridized carbons (Fsp3) is 0.136. The second kappa shape index (κ2) is 9.55. The van der Waals surface area contributed by atoms with Crippen LogP contribution in [0.5, 0.6) is 0 Å². The van der Waals surface area contributed by atoms with Crippen LogP contribution in [0.25, 0.3) is 0 Å². The van der Waals surface area contributed by atoms with Gasteiger partial charge in [-0.3, -0.25) is 9.52 Å². The summed E-state index contributed by atoms with van der Waals surface area (Å²) in [5.41, 5.74) is 2.80. The number of nitrogens with one attached hydrogen (secondary N) is 2. The number of sulfonamides is 1. The van der Waals surface area contributed by atoms with E-state index in [1.165, 1.54) is 23.9 Å². The molecule has 3 rings (SSSR count). The van der Waals surface area contributed by atoms with Crippen LogP contribution in [0.1, 0.15) is 11.1 Å². The largest absolute Gasteiger partial charge is 0.325 e. The highest BCUT2D eigenvalue weighted by molar-refractivity contribution is 8.00. The molecule has 0 fully saturated rings. The maximum Gasteiger partial charge on any atom is 0.261 e. The summed E-state index contributed by atoms with van der Waals surface area (Å²) in [7, 11) is -3.73. The molecule has 156 valence electrons. The molecule has 0 bridgehead atoms. The fourth-order valence-electron chi connectivity index (χ4n) is 2.76. The Bertz CT molecular complexity index is 1130. The third-order valence-corrected chi connectivity index (χ3v) is 6.98. The number of anilines is 2. The van der Waals surface area contributed by atoms with E-state index >= 15 is 0 Å². The van der Waals surface area contributed by atoms with E-state index < -0.39 is 10.0 Å². The van der Waals surface area contributed by atoms with Crippen LogP contribution >= 0.6 is 23.4 Å². The number of carbonyl (C=O) groups excluding carboxylic acids is 1. The van der Waals surface area contributed by atoms with Crippen molar-refractivity contribution in [2.24, 2.45) is 0 Å². The second-order valence-electron chi connectivity index (χ2n) is 6.69. The van der Waals surface area contributed by atoms with Crippen LogP contribution in [0.15, 0.2) is 76.5 Å². The predicted octanol–water partition coefficient (Wildman–Crippen LogP) is 5.49. The minimum Gasteiger partial charge on any atom is -0.325 e. The van der Waals surface area contributed by atoms with Gasteiger partial charge in [0.2, 0.25) is 5.91 Å². The zero-order valence-electron chi connectivity index (χ0n) is 16.5. The van der Waals surface area contributed by atoms with E-state index in [2.05, 4.69) is 10.0 Å². The van der Waals surface area contributed by atoms with Crippen molar-refractivity contribution in [3.05, 3.63) is 82.9 Å². The van der Waals surface area contributed by atoms with Gasteiger partial charge in [-0.1, -0.05) is 29.8 Å². The van der Waals surface area contributed by atoms with Gasteiger partial charge in [-0.15, -0.1) is 11.8 Å². The molecule has 0 spiro atoms. The van der Waals surface area contributed by atoms with Crippen molar-refractivity contribution in [1.82, 2.24) is 0 Å². The Morgan fingerprint density at radius 3 is 2.13 bits per heavy atom. The Hall–Kier alpha value is -2.48. The first-order valence-electron chi connectivity index (χ1n) is 9.12. The van der Waals surface area contributed by atoms with Crippen LogP contribution < -0.4 is 10.0 Å². The molecule has 0 unspecified atom stereocenters. The molecule has 30 heavy (non-hydrogen) atoms. The Morgan fingerprint density at radius 2 is 1.53 bits per heavy atom. The lowest BCUT2D eigenvalue weighted by Crippen LogP contribution is -2.16. The summed E-state index contributed by atoms with van der Waals surface area (Å²) in [6, 6.07) is 18.9.